The van der Waals surface area contributed by atoms with E-state index in [1.165, 1.54) is 0 Å². The third-order valence-electron chi connectivity index (χ3n) is 4.90. The van der Waals surface area contributed by atoms with Crippen LogP contribution in [0.4, 0.5) is 4.79 Å². The molecule has 1 atom stereocenters. The molecule has 2 aromatic rings. The van der Waals surface area contributed by atoms with Crippen molar-refractivity contribution in [2.24, 2.45) is 0 Å². The fraction of sp³-hybridized carbons (Fsp3) is 0.250. The Bertz CT molecular complexity index is 953. The van der Waals surface area contributed by atoms with Gasteiger partial charge in [-0.25, -0.2) is 4.79 Å². The largest absolute Gasteiger partial charge is 0.454 e. The summed E-state index contributed by atoms with van der Waals surface area (Å²) >= 11 is 0. The first-order chi connectivity index (χ1) is 12.9. The van der Waals surface area contributed by atoms with Crippen LogP contribution in [0.25, 0.3) is 0 Å². The van der Waals surface area contributed by atoms with E-state index in [1.54, 1.807) is 37.3 Å². The first-order valence-electron chi connectivity index (χ1n) is 8.52. The fourth-order valence-corrected chi connectivity index (χ4v) is 3.23. The first-order valence-corrected chi connectivity index (χ1v) is 8.52. The van der Waals surface area contributed by atoms with Crippen molar-refractivity contribution >= 4 is 17.7 Å². The SMILES string of the molecule is Cc1ccc(C2(C)NC(=O)N(CC(=O)c3ccc4c(c3)OCO4)C2=O)cc1. The molecule has 0 saturated carbocycles. The zero-order valence-corrected chi connectivity index (χ0v) is 14.9. The fourth-order valence-electron chi connectivity index (χ4n) is 3.23. The molecule has 1 saturated heterocycles. The number of fused-ring (bicyclic) bond motifs is 1. The number of carbonyl (C=O) groups is 3. The van der Waals surface area contributed by atoms with Gasteiger partial charge in [-0.2, -0.15) is 0 Å². The van der Waals surface area contributed by atoms with Crippen molar-refractivity contribution in [3.05, 3.63) is 59.2 Å². The lowest BCUT2D eigenvalue weighted by Gasteiger charge is -2.22. The van der Waals surface area contributed by atoms with Crippen LogP contribution in [0.5, 0.6) is 11.5 Å². The van der Waals surface area contributed by atoms with Gasteiger partial charge in [0.05, 0.1) is 6.54 Å². The van der Waals surface area contributed by atoms with Crippen LogP contribution < -0.4 is 14.8 Å². The van der Waals surface area contributed by atoms with Gasteiger partial charge in [-0.15, -0.1) is 0 Å². The van der Waals surface area contributed by atoms with Gasteiger partial charge >= 0.3 is 6.03 Å². The number of hydrogen-bond donors (Lipinski definition) is 1. The third kappa shape index (κ3) is 2.81. The highest BCUT2D eigenvalue weighted by atomic mass is 16.7. The number of imide groups is 1. The lowest BCUT2D eigenvalue weighted by molar-refractivity contribution is -0.130. The number of nitrogens with zero attached hydrogens (tertiary/aromatic N) is 1. The Labute approximate surface area is 155 Å². The summed E-state index contributed by atoms with van der Waals surface area (Å²) in [6, 6.07) is 11.6. The van der Waals surface area contributed by atoms with Gasteiger partial charge in [-0.05, 0) is 37.6 Å². The molecular weight excluding hydrogens is 348 g/mol. The second-order valence-electron chi connectivity index (χ2n) is 6.80. The molecule has 1 N–H and O–H groups in total. The van der Waals surface area contributed by atoms with Crippen molar-refractivity contribution in [1.82, 2.24) is 10.2 Å². The molecule has 0 spiro atoms. The predicted octanol–water partition coefficient (Wildman–Crippen LogP) is 2.37. The highest BCUT2D eigenvalue weighted by Crippen LogP contribution is 2.33. The number of carbonyl (C=O) groups excluding carboxylic acids is 3. The highest BCUT2D eigenvalue weighted by Gasteiger charge is 2.49. The molecule has 2 aromatic carbocycles. The normalized spacial score (nSPS) is 20.7. The monoisotopic (exact) mass is 366 g/mol. The number of aryl methyl sites for hydroxylation is 1. The summed E-state index contributed by atoms with van der Waals surface area (Å²) in [4.78, 5) is 38.9. The number of ether oxygens (including phenoxy) is 2. The number of rotatable bonds is 4. The van der Waals surface area contributed by atoms with E-state index in [-0.39, 0.29) is 19.1 Å². The third-order valence-corrected chi connectivity index (χ3v) is 4.90. The summed E-state index contributed by atoms with van der Waals surface area (Å²) < 4.78 is 10.5. The number of Topliss-reactive ketones (excluding diaryl/α,β-unsaturated/α-hetero) is 1. The second-order valence-corrected chi connectivity index (χ2v) is 6.80. The molecular formula is C20H18N2O5. The minimum absolute atomic E-state index is 0.106. The highest BCUT2D eigenvalue weighted by molar-refractivity contribution is 6.11. The van der Waals surface area contributed by atoms with Crippen molar-refractivity contribution in [3.63, 3.8) is 0 Å². The standard InChI is InChI=1S/C20H18N2O5/c1-12-3-6-14(7-4-12)20(2)18(24)22(19(25)21-20)10-15(23)13-5-8-16-17(9-13)27-11-26-16/h3-9H,10-11H2,1-2H3,(H,21,25). The molecule has 4 rings (SSSR count). The van der Waals surface area contributed by atoms with Gasteiger partial charge in [0.1, 0.15) is 5.54 Å². The van der Waals surface area contributed by atoms with Crippen molar-refractivity contribution in [2.75, 3.05) is 13.3 Å². The van der Waals surface area contributed by atoms with Crippen molar-refractivity contribution < 1.29 is 23.9 Å². The molecule has 1 fully saturated rings. The van der Waals surface area contributed by atoms with E-state index in [2.05, 4.69) is 5.32 Å². The lowest BCUT2D eigenvalue weighted by Crippen LogP contribution is -2.41. The molecule has 3 amide bonds. The number of hydrogen-bond acceptors (Lipinski definition) is 5. The molecule has 0 bridgehead atoms. The topological polar surface area (TPSA) is 84.9 Å². The molecule has 0 radical (unpaired) electrons. The molecule has 138 valence electrons. The number of amides is 3. The van der Waals surface area contributed by atoms with Gasteiger partial charge in [0, 0.05) is 5.56 Å². The first kappa shape index (κ1) is 17.1. The van der Waals surface area contributed by atoms with Gasteiger partial charge in [0.25, 0.3) is 5.91 Å². The van der Waals surface area contributed by atoms with Crippen LogP contribution in [0.2, 0.25) is 0 Å². The Kier molecular flexibility index (Phi) is 3.87. The van der Waals surface area contributed by atoms with Crippen LogP contribution in [-0.2, 0) is 10.3 Å². The molecule has 2 aliphatic heterocycles. The zero-order valence-electron chi connectivity index (χ0n) is 14.9. The van der Waals surface area contributed by atoms with Crippen LogP contribution in [-0.4, -0.2) is 36.0 Å². The molecule has 2 heterocycles. The van der Waals surface area contributed by atoms with Crippen LogP contribution in [0.1, 0.15) is 28.4 Å². The van der Waals surface area contributed by atoms with E-state index in [9.17, 15) is 14.4 Å². The Morgan fingerprint density at radius 1 is 1.11 bits per heavy atom. The summed E-state index contributed by atoms with van der Waals surface area (Å²) in [5.74, 6) is 0.228. The minimum Gasteiger partial charge on any atom is -0.454 e. The summed E-state index contributed by atoms with van der Waals surface area (Å²) in [5, 5.41) is 2.70. The summed E-state index contributed by atoms with van der Waals surface area (Å²) in [5.41, 5.74) is 0.877. The van der Waals surface area contributed by atoms with Crippen molar-refractivity contribution in [2.45, 2.75) is 19.4 Å². The minimum atomic E-state index is -1.19. The van der Waals surface area contributed by atoms with Gasteiger partial charge in [-0.3, -0.25) is 14.5 Å². The lowest BCUT2D eigenvalue weighted by atomic mass is 9.91. The Balaban J connectivity index is 1.55. The Hall–Kier alpha value is -3.35. The summed E-state index contributed by atoms with van der Waals surface area (Å²) in [6.45, 7) is 3.35. The molecule has 0 aliphatic carbocycles. The number of nitrogens with one attached hydrogen (secondary N) is 1. The maximum absolute atomic E-state index is 12.9. The molecule has 7 heteroatoms. The average Bonchev–Trinajstić information content (AvgIpc) is 3.20. The Morgan fingerprint density at radius 3 is 2.56 bits per heavy atom. The van der Waals surface area contributed by atoms with E-state index >= 15 is 0 Å². The second kappa shape index (κ2) is 6.12. The average molecular weight is 366 g/mol. The molecule has 0 aromatic heterocycles. The van der Waals surface area contributed by atoms with Gasteiger partial charge in [-0.1, -0.05) is 29.8 Å². The summed E-state index contributed by atoms with van der Waals surface area (Å²) in [6.07, 6.45) is 0. The van der Waals surface area contributed by atoms with Crippen LogP contribution in [0.15, 0.2) is 42.5 Å². The van der Waals surface area contributed by atoms with Crippen LogP contribution in [0.3, 0.4) is 0 Å². The number of urea groups is 1. The van der Waals surface area contributed by atoms with Gasteiger partial charge < -0.3 is 14.8 Å². The zero-order chi connectivity index (χ0) is 19.2. The maximum Gasteiger partial charge on any atom is 0.325 e. The molecule has 27 heavy (non-hydrogen) atoms. The Morgan fingerprint density at radius 2 is 1.81 bits per heavy atom. The van der Waals surface area contributed by atoms with Crippen molar-refractivity contribution in [3.8, 4) is 11.5 Å². The van der Waals surface area contributed by atoms with E-state index in [1.807, 2.05) is 19.1 Å². The van der Waals surface area contributed by atoms with Crippen LogP contribution >= 0.6 is 0 Å². The van der Waals surface area contributed by atoms with E-state index in [0.29, 0.717) is 22.6 Å². The van der Waals surface area contributed by atoms with Gasteiger partial charge in [0.2, 0.25) is 6.79 Å². The maximum atomic E-state index is 12.9. The van der Waals surface area contributed by atoms with Crippen LogP contribution in [0, 0.1) is 6.92 Å². The van der Waals surface area contributed by atoms with Gasteiger partial charge in [0.15, 0.2) is 17.3 Å². The molecule has 2 aliphatic rings. The summed E-state index contributed by atoms with van der Waals surface area (Å²) in [7, 11) is 0. The molecule has 7 nitrogen and oxygen atoms in total. The van der Waals surface area contributed by atoms with E-state index < -0.39 is 17.5 Å². The number of ketones is 1. The smallest absolute Gasteiger partial charge is 0.325 e. The number of benzene rings is 2. The van der Waals surface area contributed by atoms with Crippen molar-refractivity contribution in [1.29, 1.82) is 0 Å². The quantitative estimate of drug-likeness (QED) is 0.663. The van der Waals surface area contributed by atoms with E-state index in [0.717, 1.165) is 10.5 Å². The predicted molar refractivity (Wildman–Crippen MR) is 95.7 cm³/mol. The molecule has 1 unspecified atom stereocenters. The van der Waals surface area contributed by atoms with E-state index in [4.69, 9.17) is 9.47 Å².